The molecule has 0 aliphatic heterocycles. The quantitative estimate of drug-likeness (QED) is 0.0349. The largest absolute Gasteiger partial charge is 0.462 e. The smallest absolute Gasteiger partial charge is 0.306 e. The molecule has 5 heteroatoms. The van der Waals surface area contributed by atoms with Crippen LogP contribution in [0.1, 0.15) is 252 Å². The zero-order valence-corrected chi connectivity index (χ0v) is 37.7. The molecule has 0 saturated heterocycles. The van der Waals surface area contributed by atoms with Gasteiger partial charge >= 0.3 is 11.9 Å². The van der Waals surface area contributed by atoms with Crippen molar-refractivity contribution in [2.24, 2.45) is 0 Å². The molecule has 0 amide bonds. The second kappa shape index (κ2) is 47.5. The van der Waals surface area contributed by atoms with Gasteiger partial charge in [0.2, 0.25) is 0 Å². The molecule has 0 radical (unpaired) electrons. The molecule has 0 aliphatic rings. The van der Waals surface area contributed by atoms with E-state index < -0.39 is 6.10 Å². The lowest BCUT2D eigenvalue weighted by atomic mass is 10.1. The zero-order chi connectivity index (χ0) is 40.7. The lowest BCUT2D eigenvalue weighted by Gasteiger charge is -2.18. The molecule has 0 bridgehead atoms. The van der Waals surface area contributed by atoms with Gasteiger partial charge in [0.15, 0.2) is 6.10 Å². The molecular formula is C51H94O5. The van der Waals surface area contributed by atoms with Crippen LogP contribution in [0.5, 0.6) is 0 Å². The van der Waals surface area contributed by atoms with Gasteiger partial charge in [0, 0.05) is 19.4 Å². The molecule has 56 heavy (non-hydrogen) atoms. The van der Waals surface area contributed by atoms with E-state index in [0.29, 0.717) is 19.4 Å². The zero-order valence-electron chi connectivity index (χ0n) is 37.7. The first kappa shape index (κ1) is 54.1. The number of carbonyl (C=O) groups is 2. The Bertz CT molecular complexity index is 893. The molecule has 328 valence electrons. The van der Waals surface area contributed by atoms with Crippen LogP contribution in [0.2, 0.25) is 0 Å². The van der Waals surface area contributed by atoms with E-state index in [-0.39, 0.29) is 25.2 Å². The Labute approximate surface area is 349 Å². The van der Waals surface area contributed by atoms with Gasteiger partial charge in [-0.2, -0.15) is 0 Å². The van der Waals surface area contributed by atoms with E-state index in [1.807, 2.05) is 0 Å². The number of hydrogen-bond donors (Lipinski definition) is 0. The Kier molecular flexibility index (Phi) is 45.9. The second-order valence-corrected chi connectivity index (χ2v) is 16.4. The van der Waals surface area contributed by atoms with Gasteiger partial charge in [-0.1, -0.05) is 198 Å². The molecule has 0 aromatic rings. The van der Waals surface area contributed by atoms with E-state index in [0.717, 1.165) is 57.8 Å². The third-order valence-corrected chi connectivity index (χ3v) is 10.6. The fourth-order valence-corrected chi connectivity index (χ4v) is 6.95. The Morgan fingerprint density at radius 1 is 0.393 bits per heavy atom. The van der Waals surface area contributed by atoms with Crippen LogP contribution in [0.25, 0.3) is 0 Å². The minimum absolute atomic E-state index is 0.0796. The van der Waals surface area contributed by atoms with Crippen LogP contribution in [0.15, 0.2) is 36.5 Å². The van der Waals surface area contributed by atoms with Crippen LogP contribution in [-0.2, 0) is 23.8 Å². The third-order valence-electron chi connectivity index (χ3n) is 10.6. The van der Waals surface area contributed by atoms with Crippen LogP contribution >= 0.6 is 0 Å². The third kappa shape index (κ3) is 44.8. The summed E-state index contributed by atoms with van der Waals surface area (Å²) in [4.78, 5) is 25.3. The normalized spacial score (nSPS) is 12.4. The summed E-state index contributed by atoms with van der Waals surface area (Å²) >= 11 is 0. The van der Waals surface area contributed by atoms with Crippen molar-refractivity contribution < 1.29 is 23.8 Å². The van der Waals surface area contributed by atoms with Gasteiger partial charge in [-0.15, -0.1) is 0 Å². The summed E-state index contributed by atoms with van der Waals surface area (Å²) in [5, 5.41) is 0. The molecular weight excluding hydrogens is 693 g/mol. The summed E-state index contributed by atoms with van der Waals surface area (Å²) in [5.74, 6) is -0.407. The highest BCUT2D eigenvalue weighted by atomic mass is 16.6. The number of rotatable bonds is 45. The average molecular weight is 787 g/mol. The standard InChI is InChI=1S/C51H94O5/c1-4-7-10-13-16-19-22-24-26-27-30-32-35-38-41-44-50(52)55-48-49(56-51(53)45-42-39-36-33-29-21-18-15-12-9-6-3)47-54-46-43-40-37-34-31-28-25-23-20-17-14-11-8-5-2/h16,19-20,23-24,26,49H,4-15,17-18,21-22,25,27-48H2,1-3H3/b19-16-,23-20-,26-24-. The molecule has 0 rings (SSSR count). The minimum atomic E-state index is -0.538. The fraction of sp³-hybridized carbons (Fsp3) is 0.843. The first-order chi connectivity index (χ1) is 27.6. The SMILES string of the molecule is CCCCC/C=C\C/C=C\CCCCCCCC(=O)OCC(COCCCCCCCC/C=C\CCCCCC)OC(=O)CCCCCCCCCCCCC. The van der Waals surface area contributed by atoms with Gasteiger partial charge in [-0.25, -0.2) is 0 Å². The Hall–Kier alpha value is -1.88. The highest BCUT2D eigenvalue weighted by Crippen LogP contribution is 2.14. The van der Waals surface area contributed by atoms with Gasteiger partial charge < -0.3 is 14.2 Å². The lowest BCUT2D eigenvalue weighted by Crippen LogP contribution is -2.30. The monoisotopic (exact) mass is 787 g/mol. The Morgan fingerprint density at radius 3 is 1.25 bits per heavy atom. The number of unbranched alkanes of at least 4 members (excludes halogenated alkanes) is 28. The molecule has 0 heterocycles. The van der Waals surface area contributed by atoms with Crippen LogP contribution < -0.4 is 0 Å². The summed E-state index contributed by atoms with van der Waals surface area (Å²) < 4.78 is 17.3. The average Bonchev–Trinajstić information content (AvgIpc) is 3.20. The summed E-state index contributed by atoms with van der Waals surface area (Å²) in [5.41, 5.74) is 0. The first-order valence-electron chi connectivity index (χ1n) is 24.5. The van der Waals surface area contributed by atoms with Crippen molar-refractivity contribution in [3.8, 4) is 0 Å². The molecule has 0 aromatic heterocycles. The van der Waals surface area contributed by atoms with E-state index in [2.05, 4.69) is 57.2 Å². The summed E-state index contributed by atoms with van der Waals surface area (Å²) in [6, 6.07) is 0. The van der Waals surface area contributed by atoms with Crippen LogP contribution in [0.4, 0.5) is 0 Å². The summed E-state index contributed by atoms with van der Waals surface area (Å²) in [6.07, 6.45) is 55.7. The number of carbonyl (C=O) groups excluding carboxylic acids is 2. The maximum absolute atomic E-state index is 12.7. The van der Waals surface area contributed by atoms with Gasteiger partial charge in [-0.3, -0.25) is 9.59 Å². The van der Waals surface area contributed by atoms with Crippen molar-refractivity contribution in [1.29, 1.82) is 0 Å². The van der Waals surface area contributed by atoms with Crippen molar-refractivity contribution in [1.82, 2.24) is 0 Å². The maximum Gasteiger partial charge on any atom is 0.306 e. The molecule has 0 aromatic carbocycles. The highest BCUT2D eigenvalue weighted by Gasteiger charge is 2.17. The molecule has 0 fully saturated rings. The van der Waals surface area contributed by atoms with Gasteiger partial charge in [0.25, 0.3) is 0 Å². The number of esters is 2. The summed E-state index contributed by atoms with van der Waals surface area (Å²) in [6.45, 7) is 7.78. The molecule has 0 aliphatic carbocycles. The van der Waals surface area contributed by atoms with E-state index in [9.17, 15) is 9.59 Å². The molecule has 0 saturated carbocycles. The topological polar surface area (TPSA) is 61.8 Å². The second-order valence-electron chi connectivity index (χ2n) is 16.4. The predicted octanol–water partition coefficient (Wildman–Crippen LogP) is 16.2. The van der Waals surface area contributed by atoms with Crippen molar-refractivity contribution in [3.63, 3.8) is 0 Å². The van der Waals surface area contributed by atoms with Crippen molar-refractivity contribution in [3.05, 3.63) is 36.5 Å². The summed E-state index contributed by atoms with van der Waals surface area (Å²) in [7, 11) is 0. The van der Waals surface area contributed by atoms with Crippen LogP contribution in [0.3, 0.4) is 0 Å². The van der Waals surface area contributed by atoms with E-state index >= 15 is 0 Å². The van der Waals surface area contributed by atoms with Crippen molar-refractivity contribution in [2.45, 2.75) is 258 Å². The maximum atomic E-state index is 12.7. The van der Waals surface area contributed by atoms with Crippen LogP contribution in [0, 0.1) is 0 Å². The van der Waals surface area contributed by atoms with Crippen molar-refractivity contribution >= 4 is 11.9 Å². The highest BCUT2D eigenvalue weighted by molar-refractivity contribution is 5.70. The van der Waals surface area contributed by atoms with E-state index in [1.54, 1.807) is 0 Å². The minimum Gasteiger partial charge on any atom is -0.462 e. The first-order valence-corrected chi connectivity index (χ1v) is 24.5. The van der Waals surface area contributed by atoms with Gasteiger partial charge in [-0.05, 0) is 77.0 Å². The number of ether oxygens (including phenoxy) is 3. The number of hydrogen-bond acceptors (Lipinski definition) is 5. The van der Waals surface area contributed by atoms with Gasteiger partial charge in [0.1, 0.15) is 6.61 Å². The lowest BCUT2D eigenvalue weighted by molar-refractivity contribution is -0.163. The molecule has 1 unspecified atom stereocenters. The number of allylic oxidation sites excluding steroid dienone is 6. The Morgan fingerprint density at radius 2 is 0.750 bits per heavy atom. The molecule has 1 atom stereocenters. The predicted molar refractivity (Wildman–Crippen MR) is 242 cm³/mol. The fourth-order valence-electron chi connectivity index (χ4n) is 6.95. The van der Waals surface area contributed by atoms with Crippen LogP contribution in [-0.4, -0.2) is 37.9 Å². The Balaban J connectivity index is 4.25. The molecule has 5 nitrogen and oxygen atoms in total. The van der Waals surface area contributed by atoms with Gasteiger partial charge in [0.05, 0.1) is 6.61 Å². The van der Waals surface area contributed by atoms with E-state index in [1.165, 1.54) is 161 Å². The van der Waals surface area contributed by atoms with E-state index in [4.69, 9.17) is 14.2 Å². The molecule has 0 N–H and O–H groups in total. The van der Waals surface area contributed by atoms with Crippen molar-refractivity contribution in [2.75, 3.05) is 19.8 Å². The molecule has 0 spiro atoms.